The fourth-order valence-corrected chi connectivity index (χ4v) is 4.10. The van der Waals surface area contributed by atoms with Crippen LogP contribution in [0.1, 0.15) is 25.3 Å². The molecule has 1 aromatic carbocycles. The summed E-state index contributed by atoms with van der Waals surface area (Å²) in [5.41, 5.74) is 1.96. The number of benzene rings is 1. The second-order valence-corrected chi connectivity index (χ2v) is 7.75. The van der Waals surface area contributed by atoms with Crippen LogP contribution in [0.2, 0.25) is 0 Å². The average Bonchev–Trinajstić information content (AvgIpc) is 3.24. The Kier molecular flexibility index (Phi) is 7.31. The summed E-state index contributed by atoms with van der Waals surface area (Å²) < 4.78 is 0. The van der Waals surface area contributed by atoms with Crippen molar-refractivity contribution in [3.05, 3.63) is 47.3 Å². The normalized spacial score (nSPS) is 14.9. The summed E-state index contributed by atoms with van der Waals surface area (Å²) in [6, 6.07) is 12.3. The van der Waals surface area contributed by atoms with Gasteiger partial charge < -0.3 is 20.4 Å². The van der Waals surface area contributed by atoms with E-state index in [1.54, 1.807) is 11.3 Å². The maximum atomic E-state index is 11.8. The van der Waals surface area contributed by atoms with E-state index in [0.29, 0.717) is 13.0 Å². The van der Waals surface area contributed by atoms with Crippen LogP contribution in [0.3, 0.4) is 0 Å². The summed E-state index contributed by atoms with van der Waals surface area (Å²) in [6.45, 7) is 6.58. The third-order valence-corrected chi connectivity index (χ3v) is 5.68. The number of anilines is 2. The van der Waals surface area contributed by atoms with Crippen LogP contribution >= 0.6 is 11.3 Å². The smallest absolute Gasteiger partial charge is 0.224 e. The summed E-state index contributed by atoms with van der Waals surface area (Å²) in [5.74, 6) is 0.985. The van der Waals surface area contributed by atoms with E-state index in [0.717, 1.165) is 49.8 Å². The highest BCUT2D eigenvalue weighted by atomic mass is 32.1. The Hall–Kier alpha value is -2.54. The van der Waals surface area contributed by atoms with E-state index in [-0.39, 0.29) is 5.91 Å². The molecule has 1 aromatic heterocycles. The lowest BCUT2D eigenvalue weighted by molar-refractivity contribution is -0.116. The minimum atomic E-state index is 0.0621. The van der Waals surface area contributed by atoms with Crippen molar-refractivity contribution in [2.75, 3.05) is 43.4 Å². The van der Waals surface area contributed by atoms with E-state index < -0.39 is 0 Å². The highest BCUT2D eigenvalue weighted by molar-refractivity contribution is 7.14. The number of aliphatic imine (C=N–C) groups is 1. The Morgan fingerprint density at radius 2 is 2.00 bits per heavy atom. The van der Waals surface area contributed by atoms with Crippen molar-refractivity contribution in [1.82, 2.24) is 10.2 Å². The van der Waals surface area contributed by atoms with Crippen LogP contribution in [-0.4, -0.2) is 50.0 Å². The first-order valence-electron chi connectivity index (χ1n) is 9.82. The van der Waals surface area contributed by atoms with Gasteiger partial charge in [0.15, 0.2) is 5.96 Å². The van der Waals surface area contributed by atoms with Crippen molar-refractivity contribution in [2.45, 2.75) is 26.3 Å². The van der Waals surface area contributed by atoms with E-state index in [4.69, 9.17) is 0 Å². The molecule has 0 spiro atoms. The highest BCUT2D eigenvalue weighted by Crippen LogP contribution is 2.22. The molecule has 1 aliphatic rings. The Labute approximate surface area is 171 Å². The second kappa shape index (κ2) is 10.1. The molecule has 7 heteroatoms. The zero-order valence-electron chi connectivity index (χ0n) is 16.6. The van der Waals surface area contributed by atoms with Gasteiger partial charge in [-0.05, 0) is 41.6 Å². The largest absolute Gasteiger partial charge is 0.360 e. The quantitative estimate of drug-likeness (QED) is 0.577. The monoisotopic (exact) mass is 399 g/mol. The Morgan fingerprint density at radius 1 is 1.18 bits per heavy atom. The molecule has 3 rings (SSSR count). The lowest BCUT2D eigenvalue weighted by atomic mass is 10.2. The third kappa shape index (κ3) is 5.48. The molecule has 0 radical (unpaired) electrons. The number of piperazine rings is 1. The first-order chi connectivity index (χ1) is 13.7. The van der Waals surface area contributed by atoms with Gasteiger partial charge in [0.2, 0.25) is 5.91 Å². The van der Waals surface area contributed by atoms with Crippen LogP contribution in [-0.2, 0) is 11.3 Å². The molecule has 1 fully saturated rings. The predicted octanol–water partition coefficient (Wildman–Crippen LogP) is 3.38. The molecule has 0 bridgehead atoms. The first-order valence-corrected chi connectivity index (χ1v) is 10.7. The molecular formula is C21H29N5OS. The molecule has 6 nitrogen and oxygen atoms in total. The van der Waals surface area contributed by atoms with Gasteiger partial charge in [0.25, 0.3) is 0 Å². The number of guanidine groups is 1. The molecule has 0 unspecified atom stereocenters. The number of amides is 1. The van der Waals surface area contributed by atoms with Crippen LogP contribution in [0.25, 0.3) is 0 Å². The minimum Gasteiger partial charge on any atom is -0.360 e. The van der Waals surface area contributed by atoms with Crippen molar-refractivity contribution in [2.24, 2.45) is 4.99 Å². The molecular weight excluding hydrogens is 370 g/mol. The van der Waals surface area contributed by atoms with Crippen LogP contribution in [0.5, 0.6) is 0 Å². The van der Waals surface area contributed by atoms with Gasteiger partial charge in [-0.3, -0.25) is 9.79 Å². The molecule has 0 saturated carbocycles. The maximum Gasteiger partial charge on any atom is 0.224 e. The molecule has 2 aromatic rings. The summed E-state index contributed by atoms with van der Waals surface area (Å²) in [7, 11) is 1.83. The van der Waals surface area contributed by atoms with Crippen LogP contribution < -0.4 is 15.5 Å². The summed E-state index contributed by atoms with van der Waals surface area (Å²) >= 11 is 1.79. The van der Waals surface area contributed by atoms with Gasteiger partial charge in [-0.2, -0.15) is 0 Å². The van der Waals surface area contributed by atoms with Gasteiger partial charge in [0.1, 0.15) is 0 Å². The Morgan fingerprint density at radius 3 is 2.68 bits per heavy atom. The number of hydrogen-bond acceptors (Lipinski definition) is 4. The number of carbonyl (C=O) groups is 1. The zero-order chi connectivity index (χ0) is 19.8. The molecule has 1 amide bonds. The SMILES string of the molecule is CCCC(=O)Nc1cccc(CNC(=NC)N2CCN(c3cccs3)CC2)c1. The lowest BCUT2D eigenvalue weighted by Gasteiger charge is -2.37. The van der Waals surface area contributed by atoms with E-state index in [1.807, 2.05) is 32.2 Å². The van der Waals surface area contributed by atoms with Crippen molar-refractivity contribution in [1.29, 1.82) is 0 Å². The van der Waals surface area contributed by atoms with E-state index >= 15 is 0 Å². The second-order valence-electron chi connectivity index (χ2n) is 6.82. The summed E-state index contributed by atoms with van der Waals surface area (Å²) in [5, 5.41) is 9.88. The average molecular weight is 400 g/mol. The number of thiophene rings is 1. The van der Waals surface area contributed by atoms with Crippen molar-refractivity contribution >= 4 is 33.9 Å². The van der Waals surface area contributed by atoms with Crippen molar-refractivity contribution in [3.63, 3.8) is 0 Å². The van der Waals surface area contributed by atoms with Gasteiger partial charge in [0.05, 0.1) is 5.00 Å². The Balaban J connectivity index is 1.51. The molecule has 0 aliphatic carbocycles. The van der Waals surface area contributed by atoms with Gasteiger partial charge in [0, 0.05) is 51.9 Å². The van der Waals surface area contributed by atoms with Gasteiger partial charge in [-0.25, -0.2) is 0 Å². The number of nitrogens with one attached hydrogen (secondary N) is 2. The number of nitrogens with zero attached hydrogens (tertiary/aromatic N) is 3. The van der Waals surface area contributed by atoms with Gasteiger partial charge in [-0.1, -0.05) is 19.1 Å². The third-order valence-electron chi connectivity index (χ3n) is 4.75. The molecule has 1 aliphatic heterocycles. The van der Waals surface area contributed by atoms with Crippen LogP contribution in [0.4, 0.5) is 10.7 Å². The molecule has 0 atom stereocenters. The maximum absolute atomic E-state index is 11.8. The molecule has 150 valence electrons. The number of hydrogen-bond donors (Lipinski definition) is 2. The standard InChI is InChI=1S/C21H29N5OS/c1-3-6-19(27)24-18-8-4-7-17(15-18)16-23-21(22-2)26-12-10-25(11-13-26)20-9-5-14-28-20/h4-5,7-9,14-15H,3,6,10-13,16H2,1-2H3,(H,22,23)(H,24,27). The fourth-order valence-electron chi connectivity index (χ4n) is 3.31. The number of rotatable bonds is 6. The number of carbonyl (C=O) groups excluding carboxylic acids is 1. The van der Waals surface area contributed by atoms with Crippen molar-refractivity contribution < 1.29 is 4.79 Å². The fraction of sp³-hybridized carbons (Fsp3) is 0.429. The topological polar surface area (TPSA) is 60.0 Å². The lowest BCUT2D eigenvalue weighted by Crippen LogP contribution is -2.52. The highest BCUT2D eigenvalue weighted by Gasteiger charge is 2.20. The molecule has 1 saturated heterocycles. The van der Waals surface area contributed by atoms with E-state index in [2.05, 4.69) is 49.0 Å². The van der Waals surface area contributed by atoms with Gasteiger partial charge >= 0.3 is 0 Å². The first kappa shape index (κ1) is 20.2. The molecule has 2 heterocycles. The summed E-state index contributed by atoms with van der Waals surface area (Å²) in [4.78, 5) is 21.0. The van der Waals surface area contributed by atoms with Crippen molar-refractivity contribution in [3.8, 4) is 0 Å². The van der Waals surface area contributed by atoms with Gasteiger partial charge in [-0.15, -0.1) is 11.3 Å². The minimum absolute atomic E-state index is 0.0621. The summed E-state index contributed by atoms with van der Waals surface area (Å²) in [6.07, 6.45) is 1.40. The predicted molar refractivity (Wildman–Crippen MR) is 118 cm³/mol. The zero-order valence-corrected chi connectivity index (χ0v) is 17.5. The Bertz CT molecular complexity index is 782. The van der Waals surface area contributed by atoms with E-state index in [9.17, 15) is 4.79 Å². The van der Waals surface area contributed by atoms with Crippen LogP contribution in [0.15, 0.2) is 46.8 Å². The molecule has 28 heavy (non-hydrogen) atoms. The molecule has 2 N–H and O–H groups in total. The van der Waals surface area contributed by atoms with E-state index in [1.165, 1.54) is 5.00 Å². The van der Waals surface area contributed by atoms with Crippen LogP contribution in [0, 0.1) is 0 Å².